The summed E-state index contributed by atoms with van der Waals surface area (Å²) >= 11 is 0. The number of phenols is 1. The van der Waals surface area contributed by atoms with Crippen molar-refractivity contribution in [1.29, 1.82) is 0 Å². The third-order valence-corrected chi connectivity index (χ3v) is 6.78. The van der Waals surface area contributed by atoms with E-state index < -0.39 is 47.9 Å². The molecule has 3 amide bonds. The Kier molecular flexibility index (Phi) is 15.3. The Bertz CT molecular complexity index is 1350. The second-order valence-electron chi connectivity index (χ2n) is 10.6. The average molecular weight is 641 g/mol. The Morgan fingerprint density at radius 1 is 0.652 bits per heavy atom. The smallest absolute Gasteiger partial charge is 0.326 e. The van der Waals surface area contributed by atoms with Gasteiger partial charge in [0.25, 0.3) is 0 Å². The van der Waals surface area contributed by atoms with Gasteiger partial charge < -0.3 is 54.8 Å². The van der Waals surface area contributed by atoms with Gasteiger partial charge in [-0.2, -0.15) is 0 Å². The number of carboxylic acid groups (broad SMARTS) is 1. The van der Waals surface area contributed by atoms with Crippen LogP contribution in [-0.2, 0) is 32.0 Å². The largest absolute Gasteiger partial charge is 0.508 e. The van der Waals surface area contributed by atoms with Gasteiger partial charge in [-0.3, -0.25) is 24.4 Å². The molecule has 16 heteroatoms. The first-order valence-corrected chi connectivity index (χ1v) is 14.7. The number of hydrogen-bond acceptors (Lipinski definition) is 8. The van der Waals surface area contributed by atoms with E-state index >= 15 is 0 Å². The minimum atomic E-state index is -1.35. The summed E-state index contributed by atoms with van der Waals surface area (Å²) < 4.78 is 0. The van der Waals surface area contributed by atoms with Crippen LogP contribution in [0.15, 0.2) is 64.6 Å². The fraction of sp³-hybridized carbons (Fsp3) is 0.400. The number of phenolic OH excluding ortho intramolecular Hbond substituents is 1. The monoisotopic (exact) mass is 640 g/mol. The van der Waals surface area contributed by atoms with E-state index in [2.05, 4.69) is 25.9 Å². The number of carbonyl (C=O) groups is 4. The van der Waals surface area contributed by atoms with Crippen molar-refractivity contribution in [3.63, 3.8) is 0 Å². The first-order valence-electron chi connectivity index (χ1n) is 14.7. The highest BCUT2D eigenvalue weighted by molar-refractivity contribution is 5.94. The first-order chi connectivity index (χ1) is 21.8. The van der Waals surface area contributed by atoms with E-state index in [0.29, 0.717) is 12.0 Å². The van der Waals surface area contributed by atoms with Crippen LogP contribution in [0.2, 0.25) is 0 Å². The van der Waals surface area contributed by atoms with Crippen molar-refractivity contribution in [3.8, 4) is 5.75 Å². The number of benzene rings is 2. The fourth-order valence-corrected chi connectivity index (χ4v) is 4.40. The number of carboxylic acids is 1. The van der Waals surface area contributed by atoms with Crippen LogP contribution < -0.4 is 44.6 Å². The lowest BCUT2D eigenvalue weighted by Gasteiger charge is -2.25. The zero-order valence-corrected chi connectivity index (χ0v) is 25.5. The zero-order chi connectivity index (χ0) is 34.1. The van der Waals surface area contributed by atoms with E-state index in [0.717, 1.165) is 5.56 Å². The molecular weight excluding hydrogens is 596 g/mol. The Morgan fingerprint density at radius 3 is 1.59 bits per heavy atom. The van der Waals surface area contributed by atoms with E-state index in [9.17, 15) is 29.4 Å². The quantitative estimate of drug-likeness (QED) is 0.0462. The van der Waals surface area contributed by atoms with Gasteiger partial charge in [0.05, 0.1) is 6.04 Å². The second-order valence-corrected chi connectivity index (χ2v) is 10.6. The van der Waals surface area contributed by atoms with Crippen molar-refractivity contribution in [2.75, 3.05) is 13.1 Å². The summed E-state index contributed by atoms with van der Waals surface area (Å²) in [5.41, 5.74) is 29.1. The summed E-state index contributed by atoms with van der Waals surface area (Å²) in [4.78, 5) is 59.8. The zero-order valence-electron chi connectivity index (χ0n) is 25.5. The molecule has 0 fully saturated rings. The van der Waals surface area contributed by atoms with Gasteiger partial charge in [0.1, 0.15) is 23.9 Å². The Hall–Kier alpha value is -5.38. The molecule has 0 aromatic heterocycles. The SMILES string of the molecule is NC(N)=NCCCC(NC(=O)C(N)Cc1ccccc1)C(=O)NC(CCCN=C(N)N)C(=O)NC(Cc1ccc(O)cc1)C(=O)O. The summed E-state index contributed by atoms with van der Waals surface area (Å²) in [5.74, 6) is -3.63. The molecule has 2 rings (SSSR count). The summed E-state index contributed by atoms with van der Waals surface area (Å²) in [5, 5.41) is 27.1. The molecule has 0 aliphatic rings. The highest BCUT2D eigenvalue weighted by Gasteiger charge is 2.30. The van der Waals surface area contributed by atoms with Crippen molar-refractivity contribution >= 4 is 35.6 Å². The number of aromatic hydroxyl groups is 1. The molecule has 0 heterocycles. The van der Waals surface area contributed by atoms with Crippen LogP contribution in [0.4, 0.5) is 0 Å². The third-order valence-electron chi connectivity index (χ3n) is 6.78. The lowest BCUT2D eigenvalue weighted by molar-refractivity contribution is -0.142. The molecule has 0 aliphatic carbocycles. The van der Waals surface area contributed by atoms with E-state index in [4.69, 9.17) is 28.7 Å². The van der Waals surface area contributed by atoms with Gasteiger partial charge >= 0.3 is 5.97 Å². The molecule has 250 valence electrons. The third kappa shape index (κ3) is 13.9. The molecule has 0 spiro atoms. The van der Waals surface area contributed by atoms with Crippen LogP contribution in [0, 0.1) is 0 Å². The maximum Gasteiger partial charge on any atom is 0.326 e. The molecule has 0 saturated heterocycles. The van der Waals surface area contributed by atoms with Gasteiger partial charge in [0, 0.05) is 19.5 Å². The maximum absolute atomic E-state index is 13.5. The normalized spacial score (nSPS) is 13.2. The predicted octanol–water partition coefficient (Wildman–Crippen LogP) is -1.85. The summed E-state index contributed by atoms with van der Waals surface area (Å²) in [6.07, 6.45) is 0.853. The Morgan fingerprint density at radius 2 is 1.11 bits per heavy atom. The first kappa shape index (κ1) is 36.8. The lowest BCUT2D eigenvalue weighted by atomic mass is 10.0. The second kappa shape index (κ2) is 19.1. The molecule has 4 atom stereocenters. The van der Waals surface area contributed by atoms with Crippen molar-refractivity contribution in [1.82, 2.24) is 16.0 Å². The Labute approximate surface area is 266 Å². The number of guanidine groups is 2. The fourth-order valence-electron chi connectivity index (χ4n) is 4.40. The number of aliphatic carboxylic acids is 1. The van der Waals surface area contributed by atoms with Gasteiger partial charge in [-0.25, -0.2) is 4.79 Å². The topological polar surface area (TPSA) is 300 Å². The molecular formula is C30H44N10O6. The molecule has 15 N–H and O–H groups in total. The van der Waals surface area contributed by atoms with Gasteiger partial charge in [0.2, 0.25) is 17.7 Å². The highest BCUT2D eigenvalue weighted by Crippen LogP contribution is 2.12. The number of nitrogens with one attached hydrogen (secondary N) is 3. The highest BCUT2D eigenvalue weighted by atomic mass is 16.4. The maximum atomic E-state index is 13.5. The van der Waals surface area contributed by atoms with Crippen LogP contribution >= 0.6 is 0 Å². The molecule has 16 nitrogen and oxygen atoms in total. The minimum Gasteiger partial charge on any atom is -0.508 e. The standard InChI is InChI=1S/C30H44N10O6/c31-21(16-18-6-2-1-3-7-18)25(42)38-22(8-4-14-36-29(32)33)26(43)39-23(9-5-15-37-30(34)35)27(44)40-24(28(45)46)17-19-10-12-20(41)13-11-19/h1-3,6-7,10-13,21-24,41H,4-5,8-9,14-17,31H2,(H,38,42)(H,39,43)(H,40,44)(H,45,46)(H4,32,33,36)(H4,34,35,37). The van der Waals surface area contributed by atoms with Crippen LogP contribution in [0.3, 0.4) is 0 Å². The molecule has 2 aromatic rings. The molecule has 4 unspecified atom stereocenters. The van der Waals surface area contributed by atoms with Gasteiger partial charge in [0.15, 0.2) is 11.9 Å². The van der Waals surface area contributed by atoms with Gasteiger partial charge in [-0.1, -0.05) is 42.5 Å². The van der Waals surface area contributed by atoms with Gasteiger partial charge in [-0.15, -0.1) is 0 Å². The summed E-state index contributed by atoms with van der Waals surface area (Å²) in [7, 11) is 0. The van der Waals surface area contributed by atoms with Crippen LogP contribution in [0.1, 0.15) is 36.8 Å². The lowest BCUT2D eigenvalue weighted by Crippen LogP contribution is -2.57. The van der Waals surface area contributed by atoms with E-state index in [1.54, 1.807) is 0 Å². The predicted molar refractivity (Wildman–Crippen MR) is 173 cm³/mol. The summed E-state index contributed by atoms with van der Waals surface area (Å²) in [6, 6.07) is 10.3. The van der Waals surface area contributed by atoms with E-state index in [1.165, 1.54) is 24.3 Å². The molecule has 46 heavy (non-hydrogen) atoms. The van der Waals surface area contributed by atoms with Crippen molar-refractivity contribution in [3.05, 3.63) is 65.7 Å². The van der Waals surface area contributed by atoms with Crippen molar-refractivity contribution in [2.24, 2.45) is 38.7 Å². The average Bonchev–Trinajstić information content (AvgIpc) is 3.00. The van der Waals surface area contributed by atoms with Crippen LogP contribution in [-0.4, -0.2) is 83.1 Å². The molecule has 0 saturated carbocycles. The van der Waals surface area contributed by atoms with Crippen LogP contribution in [0.5, 0.6) is 5.75 Å². The molecule has 0 radical (unpaired) electrons. The summed E-state index contributed by atoms with van der Waals surface area (Å²) in [6.45, 7) is 0.322. The number of nitrogens with two attached hydrogens (primary N) is 5. The molecule has 0 bridgehead atoms. The van der Waals surface area contributed by atoms with Crippen molar-refractivity contribution < 1.29 is 29.4 Å². The number of rotatable bonds is 19. The molecule has 0 aliphatic heterocycles. The number of nitrogens with zero attached hydrogens (tertiary/aromatic N) is 2. The Balaban J connectivity index is 2.22. The van der Waals surface area contributed by atoms with E-state index in [1.807, 2.05) is 30.3 Å². The molecule has 2 aromatic carbocycles. The van der Waals surface area contributed by atoms with Crippen LogP contribution in [0.25, 0.3) is 0 Å². The van der Waals surface area contributed by atoms with Crippen molar-refractivity contribution in [2.45, 2.75) is 62.7 Å². The van der Waals surface area contributed by atoms with E-state index in [-0.39, 0.29) is 62.9 Å². The number of carbonyl (C=O) groups excluding carboxylic acids is 3. The number of hydrogen-bond donors (Lipinski definition) is 10. The minimum absolute atomic E-state index is 0.00387. The number of amides is 3. The number of aliphatic imine (C=N–C) groups is 2. The van der Waals surface area contributed by atoms with Gasteiger partial charge in [-0.05, 0) is 55.4 Å².